The van der Waals surface area contributed by atoms with Crippen molar-refractivity contribution in [3.8, 4) is 5.75 Å². The van der Waals surface area contributed by atoms with E-state index in [0.717, 1.165) is 11.4 Å². The number of para-hydroxylation sites is 1. The molecule has 0 aliphatic rings. The Morgan fingerprint density at radius 2 is 1.74 bits per heavy atom. The van der Waals surface area contributed by atoms with E-state index in [1.165, 1.54) is 15.8 Å². The minimum atomic E-state index is 0.0220. The van der Waals surface area contributed by atoms with Gasteiger partial charge in [-0.2, -0.15) is 0 Å². The Balaban J connectivity index is 1.97. The van der Waals surface area contributed by atoms with E-state index in [2.05, 4.69) is 72.7 Å². The highest BCUT2D eigenvalue weighted by Crippen LogP contribution is 2.33. The monoisotopic (exact) mass is 326 g/mol. The summed E-state index contributed by atoms with van der Waals surface area (Å²) in [7, 11) is 1.69. The minimum absolute atomic E-state index is 0.0220. The van der Waals surface area contributed by atoms with E-state index in [0.29, 0.717) is 0 Å². The van der Waals surface area contributed by atoms with E-state index in [1.807, 2.05) is 12.1 Å². The zero-order valence-corrected chi connectivity index (χ0v) is 14.8. The predicted octanol–water partition coefficient (Wildman–Crippen LogP) is 5.42. The Labute approximate surface area is 141 Å². The summed E-state index contributed by atoms with van der Waals surface area (Å²) in [5, 5.41) is 4.84. The molecule has 0 radical (unpaired) electrons. The lowest BCUT2D eigenvalue weighted by Gasteiger charge is -2.23. The zero-order chi connectivity index (χ0) is 16.4. The molecule has 0 saturated heterocycles. The summed E-state index contributed by atoms with van der Waals surface area (Å²) in [6.07, 6.45) is 2.12. The average molecular weight is 326 g/mol. The summed E-state index contributed by atoms with van der Waals surface area (Å²) in [6, 6.07) is 16.7. The van der Waals surface area contributed by atoms with Crippen molar-refractivity contribution in [3.63, 3.8) is 0 Å². The number of benzene rings is 2. The number of hydrogen-bond donors (Lipinski definition) is 1. The molecule has 0 bridgehead atoms. The largest absolute Gasteiger partial charge is 0.497 e. The fourth-order valence-electron chi connectivity index (χ4n) is 2.50. The quantitative estimate of drug-likeness (QED) is 0.693. The third-order valence-electron chi connectivity index (χ3n) is 3.45. The van der Waals surface area contributed by atoms with E-state index in [-0.39, 0.29) is 5.54 Å². The van der Waals surface area contributed by atoms with Gasteiger partial charge in [0.05, 0.1) is 18.3 Å². The fraction of sp³-hybridized carbons (Fsp3) is 0.263. The molecule has 1 heterocycles. The van der Waals surface area contributed by atoms with Crippen LogP contribution in [0.2, 0.25) is 0 Å². The van der Waals surface area contributed by atoms with Crippen molar-refractivity contribution >= 4 is 28.5 Å². The maximum absolute atomic E-state index is 5.22. The number of anilines is 1. The fourth-order valence-corrected chi connectivity index (χ4v) is 3.40. The van der Waals surface area contributed by atoms with Gasteiger partial charge < -0.3 is 10.1 Å². The van der Waals surface area contributed by atoms with Crippen molar-refractivity contribution in [3.05, 3.63) is 54.7 Å². The maximum Gasteiger partial charge on any atom is 0.118 e. The van der Waals surface area contributed by atoms with Crippen LogP contribution in [-0.4, -0.2) is 16.6 Å². The van der Waals surface area contributed by atoms with Crippen molar-refractivity contribution in [2.45, 2.75) is 31.2 Å². The van der Waals surface area contributed by atoms with Crippen molar-refractivity contribution in [2.75, 3.05) is 12.4 Å². The number of rotatable bonds is 4. The molecular formula is C19H22N2OS. The van der Waals surface area contributed by atoms with Crippen LogP contribution in [0.3, 0.4) is 0 Å². The van der Waals surface area contributed by atoms with Gasteiger partial charge >= 0.3 is 0 Å². The standard InChI is InChI=1S/C19H22N2OS/c1-19(2,3)20-17-7-5-6-14-12-13-21(18(14)17)23-16-10-8-15(22-4)9-11-16/h5-13,20H,1-4H3. The number of fused-ring (bicyclic) bond motifs is 1. The Kier molecular flexibility index (Phi) is 4.26. The predicted molar refractivity (Wildman–Crippen MR) is 99.6 cm³/mol. The molecule has 4 heteroatoms. The first-order valence-corrected chi connectivity index (χ1v) is 8.44. The van der Waals surface area contributed by atoms with Gasteiger partial charge in [0, 0.05) is 22.0 Å². The van der Waals surface area contributed by atoms with Crippen LogP contribution in [0.4, 0.5) is 5.69 Å². The average Bonchev–Trinajstić information content (AvgIpc) is 2.91. The minimum Gasteiger partial charge on any atom is -0.497 e. The molecule has 0 aliphatic heterocycles. The normalized spacial score (nSPS) is 11.7. The Morgan fingerprint density at radius 1 is 1.00 bits per heavy atom. The summed E-state index contributed by atoms with van der Waals surface area (Å²) in [4.78, 5) is 1.17. The molecular weight excluding hydrogens is 304 g/mol. The van der Waals surface area contributed by atoms with Crippen molar-refractivity contribution < 1.29 is 4.74 Å². The first kappa shape index (κ1) is 15.8. The van der Waals surface area contributed by atoms with Gasteiger partial charge in [-0.05, 0) is 69.1 Å². The highest BCUT2D eigenvalue weighted by Gasteiger charge is 2.14. The molecule has 23 heavy (non-hydrogen) atoms. The number of hydrogen-bond acceptors (Lipinski definition) is 3. The van der Waals surface area contributed by atoms with Crippen molar-refractivity contribution in [2.24, 2.45) is 0 Å². The molecule has 1 N–H and O–H groups in total. The van der Waals surface area contributed by atoms with Gasteiger partial charge in [0.15, 0.2) is 0 Å². The smallest absolute Gasteiger partial charge is 0.118 e. The molecule has 3 aromatic rings. The summed E-state index contributed by atoms with van der Waals surface area (Å²) in [5.41, 5.74) is 2.39. The Hall–Kier alpha value is -2.07. The van der Waals surface area contributed by atoms with Crippen LogP contribution in [0.1, 0.15) is 20.8 Å². The summed E-state index contributed by atoms with van der Waals surface area (Å²) in [6.45, 7) is 6.53. The van der Waals surface area contributed by atoms with E-state index in [4.69, 9.17) is 4.74 Å². The molecule has 0 aliphatic carbocycles. The van der Waals surface area contributed by atoms with Crippen LogP contribution in [0, 0.1) is 0 Å². The van der Waals surface area contributed by atoms with Gasteiger partial charge in [-0.25, -0.2) is 0 Å². The van der Waals surface area contributed by atoms with Crippen molar-refractivity contribution in [1.82, 2.24) is 3.97 Å². The molecule has 0 atom stereocenters. The van der Waals surface area contributed by atoms with Crippen LogP contribution < -0.4 is 10.1 Å². The number of methoxy groups -OCH3 is 1. The first-order chi connectivity index (χ1) is 11.0. The van der Waals surface area contributed by atoms with Crippen LogP contribution in [0.5, 0.6) is 5.75 Å². The zero-order valence-electron chi connectivity index (χ0n) is 14.0. The number of ether oxygens (including phenoxy) is 1. The first-order valence-electron chi connectivity index (χ1n) is 7.67. The molecule has 3 rings (SSSR count). The number of aromatic nitrogens is 1. The van der Waals surface area contributed by atoms with Gasteiger partial charge in [-0.1, -0.05) is 12.1 Å². The second-order valence-electron chi connectivity index (χ2n) is 6.53. The SMILES string of the molecule is COc1ccc(Sn2ccc3cccc(NC(C)(C)C)c32)cc1. The lowest BCUT2D eigenvalue weighted by Crippen LogP contribution is -2.26. The maximum atomic E-state index is 5.22. The molecule has 0 spiro atoms. The van der Waals surface area contributed by atoms with E-state index >= 15 is 0 Å². The highest BCUT2D eigenvalue weighted by molar-refractivity contribution is 7.98. The van der Waals surface area contributed by atoms with Crippen LogP contribution in [0.25, 0.3) is 10.9 Å². The Morgan fingerprint density at radius 3 is 2.39 bits per heavy atom. The summed E-state index contributed by atoms with van der Waals surface area (Å²) < 4.78 is 7.44. The lowest BCUT2D eigenvalue weighted by molar-refractivity contribution is 0.414. The van der Waals surface area contributed by atoms with Gasteiger partial charge in [-0.15, -0.1) is 0 Å². The Bertz CT molecular complexity index is 800. The van der Waals surface area contributed by atoms with E-state index in [9.17, 15) is 0 Å². The summed E-state index contributed by atoms with van der Waals surface area (Å²) >= 11 is 1.70. The summed E-state index contributed by atoms with van der Waals surface area (Å²) in [5.74, 6) is 0.877. The highest BCUT2D eigenvalue weighted by atomic mass is 32.2. The molecule has 0 saturated carbocycles. The third kappa shape index (κ3) is 3.64. The van der Waals surface area contributed by atoms with E-state index in [1.54, 1.807) is 19.1 Å². The van der Waals surface area contributed by atoms with Gasteiger partial charge in [0.25, 0.3) is 0 Å². The number of nitrogens with zero attached hydrogens (tertiary/aromatic N) is 1. The number of nitrogens with one attached hydrogen (secondary N) is 1. The molecule has 120 valence electrons. The van der Waals surface area contributed by atoms with Crippen LogP contribution in [0.15, 0.2) is 59.6 Å². The second-order valence-corrected chi connectivity index (χ2v) is 7.57. The topological polar surface area (TPSA) is 26.2 Å². The van der Waals surface area contributed by atoms with Gasteiger partial charge in [0.1, 0.15) is 5.75 Å². The van der Waals surface area contributed by atoms with Crippen molar-refractivity contribution in [1.29, 1.82) is 0 Å². The molecule has 3 nitrogen and oxygen atoms in total. The lowest BCUT2D eigenvalue weighted by atomic mass is 10.1. The molecule has 0 unspecified atom stereocenters. The second kappa shape index (κ2) is 6.20. The third-order valence-corrected chi connectivity index (χ3v) is 4.43. The van der Waals surface area contributed by atoms with E-state index < -0.39 is 0 Å². The molecule has 0 fully saturated rings. The van der Waals surface area contributed by atoms with Gasteiger partial charge in [-0.3, -0.25) is 3.97 Å². The molecule has 2 aromatic carbocycles. The molecule has 0 amide bonds. The molecule has 1 aromatic heterocycles. The van der Waals surface area contributed by atoms with Crippen LogP contribution in [-0.2, 0) is 0 Å². The van der Waals surface area contributed by atoms with Gasteiger partial charge in [0.2, 0.25) is 0 Å². The van der Waals surface area contributed by atoms with Crippen LogP contribution >= 0.6 is 11.9 Å².